The fourth-order valence-electron chi connectivity index (χ4n) is 2.21. The number of aliphatic carboxylic acids is 1. The summed E-state index contributed by atoms with van der Waals surface area (Å²) in [5, 5.41) is 15.2. The van der Waals surface area contributed by atoms with Crippen molar-refractivity contribution in [2.45, 2.75) is 23.2 Å². The summed E-state index contributed by atoms with van der Waals surface area (Å²) in [4.78, 5) is 11.3. The first kappa shape index (κ1) is 13.6. The normalized spacial score (nSPS) is 16.4. The van der Waals surface area contributed by atoms with Gasteiger partial charge in [-0.3, -0.25) is 14.6 Å². The van der Waals surface area contributed by atoms with Gasteiger partial charge in [0.05, 0.1) is 11.6 Å². The van der Waals surface area contributed by atoms with Crippen molar-refractivity contribution in [3.05, 3.63) is 42.2 Å². The summed E-state index contributed by atoms with van der Waals surface area (Å²) in [5.74, 6) is -0.839. The number of H-pyrrole nitrogens is 1. The van der Waals surface area contributed by atoms with E-state index < -0.39 is 21.4 Å². The minimum absolute atomic E-state index is 0.0378. The average Bonchev–Trinajstić information content (AvgIpc) is 3.06. The zero-order valence-corrected chi connectivity index (χ0v) is 11.7. The summed E-state index contributed by atoms with van der Waals surface area (Å²) in [6, 6.07) is 6.43. The van der Waals surface area contributed by atoms with Gasteiger partial charge in [-0.05, 0) is 30.5 Å². The standard InChI is InChI=1S/C13H13N3O4S/c17-12(18)13(5-6-13)9-1-3-10(4-2-9)16-21(19,20)11-7-14-15-8-11/h1-4,7-8,16H,5-6H2,(H,14,15)(H,17,18). The van der Waals surface area contributed by atoms with E-state index in [1.54, 1.807) is 24.3 Å². The predicted octanol–water partition coefficient (Wildman–Crippen LogP) is 1.33. The van der Waals surface area contributed by atoms with Gasteiger partial charge in [0.25, 0.3) is 10.0 Å². The topological polar surface area (TPSA) is 112 Å². The maximum atomic E-state index is 12.0. The van der Waals surface area contributed by atoms with Crippen LogP contribution in [0.1, 0.15) is 18.4 Å². The molecule has 1 aromatic heterocycles. The Morgan fingerprint density at radius 2 is 1.95 bits per heavy atom. The highest BCUT2D eigenvalue weighted by Gasteiger charge is 2.51. The summed E-state index contributed by atoms with van der Waals surface area (Å²) in [5.41, 5.74) is 0.282. The Bertz CT molecular complexity index is 762. The van der Waals surface area contributed by atoms with E-state index in [0.717, 1.165) is 0 Å². The van der Waals surface area contributed by atoms with E-state index in [-0.39, 0.29) is 4.90 Å². The van der Waals surface area contributed by atoms with Crippen LogP contribution in [0.5, 0.6) is 0 Å². The Hall–Kier alpha value is -2.35. The van der Waals surface area contributed by atoms with Crippen LogP contribution >= 0.6 is 0 Å². The molecule has 0 aliphatic heterocycles. The number of sulfonamides is 1. The number of aromatic nitrogens is 2. The molecular formula is C13H13N3O4S. The van der Waals surface area contributed by atoms with Crippen LogP contribution in [-0.2, 0) is 20.2 Å². The van der Waals surface area contributed by atoms with E-state index in [1.807, 2.05) is 0 Å². The van der Waals surface area contributed by atoms with Crippen LogP contribution in [0, 0.1) is 0 Å². The third kappa shape index (κ3) is 2.38. The molecule has 1 fully saturated rings. The largest absolute Gasteiger partial charge is 0.481 e. The van der Waals surface area contributed by atoms with Crippen LogP contribution in [0.3, 0.4) is 0 Å². The van der Waals surface area contributed by atoms with E-state index in [2.05, 4.69) is 14.9 Å². The molecule has 0 saturated heterocycles. The molecule has 3 rings (SSSR count). The molecule has 1 heterocycles. The van der Waals surface area contributed by atoms with Gasteiger partial charge in [0.2, 0.25) is 0 Å². The molecule has 1 saturated carbocycles. The molecule has 0 bridgehead atoms. The number of anilines is 1. The van der Waals surface area contributed by atoms with Gasteiger partial charge in [0.15, 0.2) is 0 Å². The summed E-state index contributed by atoms with van der Waals surface area (Å²) in [6.07, 6.45) is 3.71. The Morgan fingerprint density at radius 1 is 1.29 bits per heavy atom. The Labute approximate surface area is 121 Å². The van der Waals surface area contributed by atoms with Crippen LogP contribution in [0.25, 0.3) is 0 Å². The van der Waals surface area contributed by atoms with E-state index in [4.69, 9.17) is 0 Å². The first-order valence-electron chi connectivity index (χ1n) is 6.30. The number of carboxylic acid groups (broad SMARTS) is 1. The summed E-state index contributed by atoms with van der Waals surface area (Å²) < 4.78 is 26.4. The lowest BCUT2D eigenvalue weighted by Gasteiger charge is -2.11. The molecule has 8 heteroatoms. The van der Waals surface area contributed by atoms with Crippen LogP contribution in [0.2, 0.25) is 0 Å². The molecule has 7 nitrogen and oxygen atoms in total. The van der Waals surface area contributed by atoms with Crippen molar-refractivity contribution in [3.8, 4) is 0 Å². The number of nitrogens with one attached hydrogen (secondary N) is 2. The van der Waals surface area contributed by atoms with Crippen molar-refractivity contribution in [3.63, 3.8) is 0 Å². The maximum Gasteiger partial charge on any atom is 0.314 e. The highest BCUT2D eigenvalue weighted by atomic mass is 32.2. The Morgan fingerprint density at radius 3 is 2.43 bits per heavy atom. The van der Waals surface area contributed by atoms with E-state index in [1.165, 1.54) is 12.4 Å². The second kappa shape index (κ2) is 4.59. The molecule has 21 heavy (non-hydrogen) atoms. The number of nitrogens with zero attached hydrogens (tertiary/aromatic N) is 1. The first-order valence-corrected chi connectivity index (χ1v) is 7.78. The fraction of sp³-hybridized carbons (Fsp3) is 0.231. The predicted molar refractivity (Wildman–Crippen MR) is 74.4 cm³/mol. The van der Waals surface area contributed by atoms with Crippen molar-refractivity contribution in [1.29, 1.82) is 0 Å². The number of aromatic amines is 1. The molecule has 0 spiro atoms. The molecule has 0 amide bonds. The first-order chi connectivity index (χ1) is 9.94. The molecule has 2 aromatic rings. The molecule has 0 atom stereocenters. The van der Waals surface area contributed by atoms with Gasteiger partial charge in [-0.2, -0.15) is 5.10 Å². The lowest BCUT2D eigenvalue weighted by atomic mass is 9.96. The molecule has 0 unspecified atom stereocenters. The van der Waals surface area contributed by atoms with E-state index in [0.29, 0.717) is 24.1 Å². The van der Waals surface area contributed by atoms with Gasteiger partial charge in [-0.1, -0.05) is 12.1 Å². The Kier molecular flexibility index (Phi) is 2.98. The van der Waals surface area contributed by atoms with Crippen LogP contribution in [-0.4, -0.2) is 29.7 Å². The summed E-state index contributed by atoms with van der Waals surface area (Å²) in [7, 11) is -3.68. The molecule has 110 valence electrons. The summed E-state index contributed by atoms with van der Waals surface area (Å²) in [6.45, 7) is 0. The Balaban J connectivity index is 1.81. The summed E-state index contributed by atoms with van der Waals surface area (Å²) >= 11 is 0. The van der Waals surface area contributed by atoms with Gasteiger partial charge in [-0.25, -0.2) is 8.42 Å². The van der Waals surface area contributed by atoms with Gasteiger partial charge < -0.3 is 5.11 Å². The van der Waals surface area contributed by atoms with Crippen LogP contribution in [0.15, 0.2) is 41.6 Å². The minimum Gasteiger partial charge on any atom is -0.481 e. The molecule has 1 aliphatic carbocycles. The minimum atomic E-state index is -3.68. The number of hydrogen-bond donors (Lipinski definition) is 3. The highest BCUT2D eigenvalue weighted by molar-refractivity contribution is 7.92. The van der Waals surface area contributed by atoms with Crippen molar-refractivity contribution in [2.75, 3.05) is 4.72 Å². The number of carbonyl (C=O) groups is 1. The zero-order valence-electron chi connectivity index (χ0n) is 10.9. The number of carboxylic acids is 1. The number of hydrogen-bond acceptors (Lipinski definition) is 4. The van der Waals surface area contributed by atoms with Crippen molar-refractivity contribution in [2.24, 2.45) is 0 Å². The van der Waals surface area contributed by atoms with Gasteiger partial charge in [0.1, 0.15) is 4.90 Å². The molecular weight excluding hydrogens is 294 g/mol. The quantitative estimate of drug-likeness (QED) is 0.771. The van der Waals surface area contributed by atoms with Crippen molar-refractivity contribution in [1.82, 2.24) is 10.2 Å². The maximum absolute atomic E-state index is 12.0. The van der Waals surface area contributed by atoms with Gasteiger partial charge in [0, 0.05) is 11.9 Å². The number of benzene rings is 1. The second-order valence-electron chi connectivity index (χ2n) is 5.00. The van der Waals surface area contributed by atoms with E-state index >= 15 is 0 Å². The van der Waals surface area contributed by atoms with Crippen LogP contribution < -0.4 is 4.72 Å². The zero-order chi connectivity index (χ0) is 15.1. The van der Waals surface area contributed by atoms with Crippen LogP contribution in [0.4, 0.5) is 5.69 Å². The monoisotopic (exact) mass is 307 g/mol. The SMILES string of the molecule is O=C(O)C1(c2ccc(NS(=O)(=O)c3cn[nH]c3)cc2)CC1. The van der Waals surface area contributed by atoms with E-state index in [9.17, 15) is 18.3 Å². The average molecular weight is 307 g/mol. The highest BCUT2D eigenvalue weighted by Crippen LogP contribution is 2.48. The lowest BCUT2D eigenvalue weighted by molar-refractivity contribution is -0.140. The third-order valence-electron chi connectivity index (χ3n) is 3.63. The molecule has 3 N–H and O–H groups in total. The third-order valence-corrected chi connectivity index (χ3v) is 4.98. The second-order valence-corrected chi connectivity index (χ2v) is 6.69. The fourth-order valence-corrected chi connectivity index (χ4v) is 3.17. The molecule has 0 radical (unpaired) electrons. The van der Waals surface area contributed by atoms with Crippen molar-refractivity contribution < 1.29 is 18.3 Å². The van der Waals surface area contributed by atoms with Gasteiger partial charge in [-0.15, -0.1) is 0 Å². The lowest BCUT2D eigenvalue weighted by Crippen LogP contribution is -2.19. The van der Waals surface area contributed by atoms with Crippen molar-refractivity contribution >= 4 is 21.7 Å². The number of rotatable bonds is 5. The smallest absolute Gasteiger partial charge is 0.314 e. The molecule has 1 aliphatic rings. The molecule has 1 aromatic carbocycles. The van der Waals surface area contributed by atoms with Gasteiger partial charge >= 0.3 is 5.97 Å².